The van der Waals surface area contributed by atoms with E-state index < -0.39 is 17.5 Å². The van der Waals surface area contributed by atoms with Gasteiger partial charge in [0.25, 0.3) is 0 Å². The fourth-order valence-electron chi connectivity index (χ4n) is 5.70. The molecule has 1 aliphatic rings. The number of halogens is 2. The summed E-state index contributed by atoms with van der Waals surface area (Å²) in [6, 6.07) is 28.3. The minimum atomic E-state index is -1.33. The number of carbonyl (C=O) groups is 3. The number of hydrogen-bond acceptors (Lipinski definition) is 6. The first kappa shape index (κ1) is 35.7. The highest BCUT2D eigenvalue weighted by Gasteiger charge is 2.41. The van der Waals surface area contributed by atoms with Gasteiger partial charge in [0.2, 0.25) is 0 Å². The van der Waals surface area contributed by atoms with Crippen LogP contribution in [0, 0.1) is 17.6 Å². The summed E-state index contributed by atoms with van der Waals surface area (Å²) in [7, 11) is 0. The van der Waals surface area contributed by atoms with Crippen molar-refractivity contribution in [1.82, 2.24) is 4.90 Å². The molecule has 1 saturated heterocycles. The van der Waals surface area contributed by atoms with E-state index in [2.05, 4.69) is 4.90 Å². The van der Waals surface area contributed by atoms with E-state index >= 15 is 0 Å². The number of likely N-dealkylation sites (tertiary alicyclic amines) is 1. The molecule has 5 rings (SSSR count). The molecule has 0 saturated carbocycles. The average molecular weight is 658 g/mol. The first-order valence-electron chi connectivity index (χ1n) is 15.5. The number of nitrogens with zero attached hydrogens (tertiary/aromatic N) is 1. The lowest BCUT2D eigenvalue weighted by molar-refractivity contribution is -0.134. The van der Waals surface area contributed by atoms with Crippen LogP contribution in [0.1, 0.15) is 46.3 Å². The van der Waals surface area contributed by atoms with Gasteiger partial charge in [-0.2, -0.15) is 0 Å². The number of ketones is 1. The Kier molecular flexibility index (Phi) is 12.7. The monoisotopic (exact) mass is 657 g/mol. The van der Waals surface area contributed by atoms with E-state index in [1.165, 1.54) is 24.3 Å². The second kappa shape index (κ2) is 17.1. The van der Waals surface area contributed by atoms with Crippen LogP contribution in [-0.2, 0) is 15.2 Å². The van der Waals surface area contributed by atoms with Crippen LogP contribution in [0.15, 0.2) is 115 Å². The molecule has 0 radical (unpaired) electrons. The lowest BCUT2D eigenvalue weighted by Gasteiger charge is -2.42. The van der Waals surface area contributed by atoms with E-state index in [1.807, 2.05) is 42.5 Å². The highest BCUT2D eigenvalue weighted by molar-refractivity contribution is 6.09. The van der Waals surface area contributed by atoms with Crippen molar-refractivity contribution >= 4 is 17.7 Å². The summed E-state index contributed by atoms with van der Waals surface area (Å²) >= 11 is 0. The molecule has 10 heteroatoms. The highest BCUT2D eigenvalue weighted by Crippen LogP contribution is 2.42. The lowest BCUT2D eigenvalue weighted by Crippen LogP contribution is -2.44. The minimum absolute atomic E-state index is 0.0127. The van der Waals surface area contributed by atoms with Crippen LogP contribution >= 0.6 is 0 Å². The van der Waals surface area contributed by atoms with E-state index in [0.717, 1.165) is 44.6 Å². The molecular weight excluding hydrogens is 620 g/mol. The van der Waals surface area contributed by atoms with Crippen molar-refractivity contribution < 1.29 is 43.2 Å². The zero-order valence-electron chi connectivity index (χ0n) is 26.2. The van der Waals surface area contributed by atoms with Gasteiger partial charge in [-0.05, 0) is 97.9 Å². The van der Waals surface area contributed by atoms with E-state index in [1.54, 1.807) is 36.4 Å². The SMILES string of the molecule is O=C(O)/C=C/C(=O)O.O=C(c1ccccc1)c1ccc(OCCCN2CCC(C(O)(c3ccc(F)cc3)c3ccc(F)cc3)CC2)cc1. The number of rotatable bonds is 12. The quantitative estimate of drug-likeness (QED) is 0.0919. The second-order valence-corrected chi connectivity index (χ2v) is 11.3. The van der Waals surface area contributed by atoms with Crippen molar-refractivity contribution in [1.29, 1.82) is 0 Å². The van der Waals surface area contributed by atoms with E-state index in [9.17, 15) is 28.3 Å². The molecule has 1 heterocycles. The molecule has 8 nitrogen and oxygen atoms in total. The zero-order chi connectivity index (χ0) is 34.5. The number of aliphatic carboxylic acids is 2. The van der Waals surface area contributed by atoms with Crippen LogP contribution < -0.4 is 4.74 Å². The predicted molar refractivity (Wildman–Crippen MR) is 176 cm³/mol. The Morgan fingerprint density at radius 2 is 1.21 bits per heavy atom. The van der Waals surface area contributed by atoms with Gasteiger partial charge in [0.05, 0.1) is 6.61 Å². The van der Waals surface area contributed by atoms with Crippen LogP contribution in [0.5, 0.6) is 5.75 Å². The van der Waals surface area contributed by atoms with Gasteiger partial charge in [-0.25, -0.2) is 18.4 Å². The number of aliphatic hydroxyl groups is 1. The third-order valence-electron chi connectivity index (χ3n) is 8.16. The van der Waals surface area contributed by atoms with Gasteiger partial charge >= 0.3 is 11.9 Å². The standard InChI is InChI=1S/C34H33F2NO3.C4H4O4/c35-30-13-9-27(10-14-30)34(39,28-11-15-31(36)16-12-28)29-19-22-37(23-20-29)21-4-24-40-32-17-7-26(8-18-32)33(38)25-5-2-1-3-6-25;5-3(6)1-2-4(7)8/h1-3,5-18,29,39H,4,19-24H2;1-2H,(H,5,6)(H,7,8)/b;2-1+. The average Bonchev–Trinajstić information content (AvgIpc) is 3.10. The molecule has 0 atom stereocenters. The summed E-state index contributed by atoms with van der Waals surface area (Å²) in [6.45, 7) is 3.04. The normalized spacial score (nSPS) is 13.8. The van der Waals surface area contributed by atoms with Crippen molar-refractivity contribution in [2.75, 3.05) is 26.2 Å². The Bertz CT molecular complexity index is 1610. The number of piperidine rings is 1. The number of carboxylic acids is 2. The largest absolute Gasteiger partial charge is 0.494 e. The molecule has 48 heavy (non-hydrogen) atoms. The summed E-state index contributed by atoms with van der Waals surface area (Å²) in [4.78, 5) is 34.0. The Morgan fingerprint density at radius 3 is 1.69 bits per heavy atom. The summed E-state index contributed by atoms with van der Waals surface area (Å²) in [5.41, 5.74) is 1.19. The lowest BCUT2D eigenvalue weighted by atomic mass is 9.72. The minimum Gasteiger partial charge on any atom is -0.494 e. The number of carbonyl (C=O) groups excluding carboxylic acids is 1. The molecule has 250 valence electrons. The molecule has 3 N–H and O–H groups in total. The summed E-state index contributed by atoms with van der Waals surface area (Å²) in [5, 5.41) is 27.6. The summed E-state index contributed by atoms with van der Waals surface area (Å²) < 4.78 is 33.2. The third kappa shape index (κ3) is 9.90. The topological polar surface area (TPSA) is 124 Å². The second-order valence-electron chi connectivity index (χ2n) is 11.3. The highest BCUT2D eigenvalue weighted by atomic mass is 19.1. The molecule has 0 aromatic heterocycles. The number of ether oxygens (including phenoxy) is 1. The molecule has 4 aromatic carbocycles. The van der Waals surface area contributed by atoms with Crippen molar-refractivity contribution in [3.8, 4) is 5.75 Å². The van der Waals surface area contributed by atoms with E-state index in [0.29, 0.717) is 41.0 Å². The fraction of sp³-hybridized carbons (Fsp3) is 0.237. The Balaban J connectivity index is 0.000000579. The maximum absolute atomic E-state index is 13.6. The fourth-order valence-corrected chi connectivity index (χ4v) is 5.70. The van der Waals surface area contributed by atoms with Gasteiger partial charge in [-0.3, -0.25) is 4.79 Å². The molecule has 4 aromatic rings. The predicted octanol–water partition coefficient (Wildman–Crippen LogP) is 6.32. The Labute approximate surface area is 277 Å². The van der Waals surface area contributed by atoms with Crippen LogP contribution in [0.3, 0.4) is 0 Å². The van der Waals surface area contributed by atoms with Crippen LogP contribution in [0.4, 0.5) is 8.78 Å². The Hall–Kier alpha value is -5.19. The van der Waals surface area contributed by atoms with Crippen molar-refractivity contribution in [3.63, 3.8) is 0 Å². The number of hydrogen-bond donors (Lipinski definition) is 3. The maximum atomic E-state index is 13.6. The Morgan fingerprint density at radius 1 is 0.729 bits per heavy atom. The summed E-state index contributed by atoms with van der Waals surface area (Å²) in [5.74, 6) is -2.61. The van der Waals surface area contributed by atoms with Gasteiger partial charge < -0.3 is 25.0 Å². The van der Waals surface area contributed by atoms with E-state index in [4.69, 9.17) is 14.9 Å². The number of carboxylic acid groups (broad SMARTS) is 2. The van der Waals surface area contributed by atoms with E-state index in [-0.39, 0.29) is 23.3 Å². The van der Waals surface area contributed by atoms with Crippen LogP contribution in [0.2, 0.25) is 0 Å². The molecule has 1 aliphatic heterocycles. The molecule has 0 aliphatic carbocycles. The number of benzene rings is 4. The third-order valence-corrected chi connectivity index (χ3v) is 8.16. The zero-order valence-corrected chi connectivity index (χ0v) is 26.2. The van der Waals surface area contributed by atoms with Crippen LogP contribution in [0.25, 0.3) is 0 Å². The van der Waals surface area contributed by atoms with Crippen molar-refractivity contribution in [2.45, 2.75) is 24.9 Å². The molecule has 1 fully saturated rings. The van der Waals surface area contributed by atoms with Crippen molar-refractivity contribution in [3.05, 3.63) is 149 Å². The molecular formula is C38H37F2NO7. The summed E-state index contributed by atoms with van der Waals surface area (Å²) in [6.07, 6.45) is 3.46. The van der Waals surface area contributed by atoms with Gasteiger partial charge in [-0.1, -0.05) is 54.6 Å². The maximum Gasteiger partial charge on any atom is 0.328 e. The van der Waals surface area contributed by atoms with Gasteiger partial charge in [0.1, 0.15) is 23.0 Å². The van der Waals surface area contributed by atoms with Crippen molar-refractivity contribution in [2.24, 2.45) is 5.92 Å². The molecule has 0 bridgehead atoms. The van der Waals surface area contributed by atoms with Crippen LogP contribution in [-0.4, -0.2) is 64.2 Å². The molecule has 0 spiro atoms. The molecule has 0 amide bonds. The first-order valence-corrected chi connectivity index (χ1v) is 15.5. The smallest absolute Gasteiger partial charge is 0.328 e. The molecule has 0 unspecified atom stereocenters. The van der Waals surface area contributed by atoms with Gasteiger partial charge in [-0.15, -0.1) is 0 Å². The van der Waals surface area contributed by atoms with Gasteiger partial charge in [0.15, 0.2) is 5.78 Å². The first-order chi connectivity index (χ1) is 23.1. The van der Waals surface area contributed by atoms with Gasteiger partial charge in [0, 0.05) is 29.8 Å².